The number of ether oxygens (including phenoxy) is 1. The van der Waals surface area contributed by atoms with Crippen LogP contribution in [-0.2, 0) is 0 Å². The van der Waals surface area contributed by atoms with Crippen LogP contribution in [0.1, 0.15) is 32.3 Å². The topological polar surface area (TPSA) is 21.3 Å². The summed E-state index contributed by atoms with van der Waals surface area (Å²) >= 11 is 0. The third-order valence-electron chi connectivity index (χ3n) is 3.09. The van der Waals surface area contributed by atoms with Crippen molar-refractivity contribution < 1.29 is 4.74 Å². The van der Waals surface area contributed by atoms with Crippen molar-refractivity contribution in [3.8, 4) is 5.75 Å². The lowest BCUT2D eigenvalue weighted by Gasteiger charge is -2.10. The van der Waals surface area contributed by atoms with E-state index in [2.05, 4.69) is 49.5 Å². The Balaban J connectivity index is 2.00. The molecule has 2 rings (SSSR count). The lowest BCUT2D eigenvalue weighted by Crippen LogP contribution is -2.13. The van der Waals surface area contributed by atoms with E-state index in [1.807, 2.05) is 0 Å². The fraction of sp³-hybridized carbons (Fsp3) is 0.500. The van der Waals surface area contributed by atoms with Crippen LogP contribution < -0.4 is 10.1 Å². The van der Waals surface area contributed by atoms with E-state index in [4.69, 9.17) is 4.74 Å². The van der Waals surface area contributed by atoms with Crippen LogP contribution in [-0.4, -0.2) is 19.7 Å². The maximum atomic E-state index is 5.70. The zero-order valence-corrected chi connectivity index (χ0v) is 11.4. The molecule has 0 unspecified atom stereocenters. The maximum absolute atomic E-state index is 5.70. The van der Waals surface area contributed by atoms with Crippen molar-refractivity contribution in [3.63, 3.8) is 0 Å². The van der Waals surface area contributed by atoms with Crippen LogP contribution >= 0.6 is 0 Å². The first kappa shape index (κ1) is 13.2. The first-order chi connectivity index (χ1) is 8.75. The van der Waals surface area contributed by atoms with E-state index in [9.17, 15) is 0 Å². The van der Waals surface area contributed by atoms with Gasteiger partial charge in [0, 0.05) is 0 Å². The van der Waals surface area contributed by atoms with E-state index < -0.39 is 0 Å². The van der Waals surface area contributed by atoms with Crippen LogP contribution in [0.15, 0.2) is 30.3 Å². The molecule has 1 N–H and O–H groups in total. The zero-order valence-electron chi connectivity index (χ0n) is 11.4. The molecule has 0 aliphatic carbocycles. The molecule has 0 atom stereocenters. The highest BCUT2D eigenvalue weighted by Gasteiger charge is 2.05. The van der Waals surface area contributed by atoms with Crippen molar-refractivity contribution in [2.24, 2.45) is 5.92 Å². The van der Waals surface area contributed by atoms with Crippen LogP contribution in [0, 0.1) is 5.92 Å². The lowest BCUT2D eigenvalue weighted by molar-refractivity contribution is 0.271. The normalized spacial score (nSPS) is 16.3. The highest BCUT2D eigenvalue weighted by molar-refractivity contribution is 5.66. The molecule has 2 heteroatoms. The first-order valence-corrected chi connectivity index (χ1v) is 6.88. The largest absolute Gasteiger partial charge is 0.493 e. The minimum atomic E-state index is 0.570. The van der Waals surface area contributed by atoms with Gasteiger partial charge in [0.1, 0.15) is 5.75 Å². The summed E-state index contributed by atoms with van der Waals surface area (Å²) in [4.78, 5) is 0. The molecule has 2 nitrogen and oxygen atoms in total. The molecule has 98 valence electrons. The van der Waals surface area contributed by atoms with Crippen molar-refractivity contribution in [1.82, 2.24) is 5.32 Å². The summed E-state index contributed by atoms with van der Waals surface area (Å²) in [7, 11) is 0. The summed E-state index contributed by atoms with van der Waals surface area (Å²) in [5.74, 6) is 1.54. The van der Waals surface area contributed by atoms with Crippen LogP contribution in [0.5, 0.6) is 5.75 Å². The number of nitrogens with one attached hydrogen (secondary N) is 1. The van der Waals surface area contributed by atoms with E-state index in [1.54, 1.807) is 0 Å². The summed E-state index contributed by atoms with van der Waals surface area (Å²) < 4.78 is 5.70. The number of hydrogen-bond donors (Lipinski definition) is 1. The van der Waals surface area contributed by atoms with Gasteiger partial charge in [-0.2, -0.15) is 0 Å². The number of hydrogen-bond acceptors (Lipinski definition) is 2. The third-order valence-corrected chi connectivity index (χ3v) is 3.09. The van der Waals surface area contributed by atoms with Crippen molar-refractivity contribution in [2.75, 3.05) is 19.7 Å². The minimum Gasteiger partial charge on any atom is -0.493 e. The molecular formula is C16H23NO. The van der Waals surface area contributed by atoms with Crippen LogP contribution in [0.3, 0.4) is 0 Å². The van der Waals surface area contributed by atoms with Crippen LogP contribution in [0.4, 0.5) is 0 Å². The molecule has 0 bridgehead atoms. The van der Waals surface area contributed by atoms with Gasteiger partial charge in [0.25, 0.3) is 0 Å². The molecule has 18 heavy (non-hydrogen) atoms. The van der Waals surface area contributed by atoms with Gasteiger partial charge in [-0.05, 0) is 55.1 Å². The predicted molar refractivity (Wildman–Crippen MR) is 76.9 cm³/mol. The lowest BCUT2D eigenvalue weighted by atomic mass is 10.0. The second-order valence-corrected chi connectivity index (χ2v) is 5.25. The van der Waals surface area contributed by atoms with E-state index in [1.165, 1.54) is 11.1 Å². The Morgan fingerprint density at radius 2 is 1.94 bits per heavy atom. The molecule has 0 fully saturated rings. The van der Waals surface area contributed by atoms with Gasteiger partial charge >= 0.3 is 0 Å². The Kier molecular flexibility index (Phi) is 4.82. The molecule has 0 spiro atoms. The second kappa shape index (κ2) is 6.60. The van der Waals surface area contributed by atoms with E-state index >= 15 is 0 Å². The number of rotatable bonds is 4. The molecule has 1 aromatic rings. The highest BCUT2D eigenvalue weighted by atomic mass is 16.5. The summed E-state index contributed by atoms with van der Waals surface area (Å²) in [5.41, 5.74) is 2.78. The van der Waals surface area contributed by atoms with Crippen molar-refractivity contribution in [3.05, 3.63) is 35.9 Å². The summed E-state index contributed by atoms with van der Waals surface area (Å²) in [6.45, 7) is 7.29. The van der Waals surface area contributed by atoms with Gasteiger partial charge in [0.2, 0.25) is 0 Å². The SMILES string of the molecule is CC(C)COc1ccc(C2=CCCNCC2)cc1. The Morgan fingerprint density at radius 1 is 1.17 bits per heavy atom. The second-order valence-electron chi connectivity index (χ2n) is 5.25. The molecule has 0 amide bonds. The zero-order chi connectivity index (χ0) is 12.8. The molecule has 0 radical (unpaired) electrons. The van der Waals surface area contributed by atoms with Gasteiger partial charge in [-0.15, -0.1) is 0 Å². The molecule has 0 saturated carbocycles. The van der Waals surface area contributed by atoms with Crippen molar-refractivity contribution >= 4 is 5.57 Å². The van der Waals surface area contributed by atoms with Gasteiger partial charge in [-0.1, -0.05) is 32.1 Å². The fourth-order valence-corrected chi connectivity index (χ4v) is 2.09. The molecule has 0 aromatic heterocycles. The van der Waals surface area contributed by atoms with E-state index in [-0.39, 0.29) is 0 Å². The first-order valence-electron chi connectivity index (χ1n) is 6.88. The van der Waals surface area contributed by atoms with E-state index in [0.717, 1.165) is 38.3 Å². The molecule has 1 aliphatic rings. The van der Waals surface area contributed by atoms with Crippen molar-refractivity contribution in [2.45, 2.75) is 26.7 Å². The van der Waals surface area contributed by atoms with Gasteiger partial charge < -0.3 is 10.1 Å². The highest BCUT2D eigenvalue weighted by Crippen LogP contribution is 2.22. The summed E-state index contributed by atoms with van der Waals surface area (Å²) in [5, 5.41) is 3.41. The van der Waals surface area contributed by atoms with Gasteiger partial charge in [0.05, 0.1) is 6.61 Å². The molecule has 1 aliphatic heterocycles. The molecule has 1 heterocycles. The summed E-state index contributed by atoms with van der Waals surface area (Å²) in [6.07, 6.45) is 4.59. The Bertz CT molecular complexity index is 392. The van der Waals surface area contributed by atoms with E-state index in [0.29, 0.717) is 5.92 Å². The van der Waals surface area contributed by atoms with Crippen molar-refractivity contribution in [1.29, 1.82) is 0 Å². The molecule has 1 aromatic carbocycles. The van der Waals surface area contributed by atoms with Crippen LogP contribution in [0.25, 0.3) is 5.57 Å². The monoisotopic (exact) mass is 245 g/mol. The average Bonchev–Trinajstić information content (AvgIpc) is 2.66. The standard InChI is InChI=1S/C16H23NO/c1-13(2)12-18-16-7-5-15(6-8-16)14-4-3-10-17-11-9-14/h4-8,13,17H,3,9-12H2,1-2H3. The summed E-state index contributed by atoms with van der Waals surface area (Å²) in [6, 6.07) is 8.51. The number of benzene rings is 1. The van der Waals surface area contributed by atoms with Crippen LogP contribution in [0.2, 0.25) is 0 Å². The Labute approximate surface area is 110 Å². The van der Waals surface area contributed by atoms with Gasteiger partial charge in [-0.3, -0.25) is 0 Å². The Hall–Kier alpha value is -1.28. The smallest absolute Gasteiger partial charge is 0.119 e. The molecule has 0 saturated heterocycles. The average molecular weight is 245 g/mol. The maximum Gasteiger partial charge on any atom is 0.119 e. The fourth-order valence-electron chi connectivity index (χ4n) is 2.09. The predicted octanol–water partition coefficient (Wildman–Crippen LogP) is 3.49. The van der Waals surface area contributed by atoms with Gasteiger partial charge in [-0.25, -0.2) is 0 Å². The third kappa shape index (κ3) is 3.88. The minimum absolute atomic E-state index is 0.570. The Morgan fingerprint density at radius 3 is 2.67 bits per heavy atom. The van der Waals surface area contributed by atoms with Gasteiger partial charge in [0.15, 0.2) is 0 Å². The molecular weight excluding hydrogens is 222 g/mol. The quantitative estimate of drug-likeness (QED) is 0.876.